The maximum atomic E-state index is 4.05. The van der Waals surface area contributed by atoms with Gasteiger partial charge in [0.05, 0.1) is 0 Å². The number of benzene rings is 1. The van der Waals surface area contributed by atoms with E-state index in [4.69, 9.17) is 0 Å². The second-order valence-corrected chi connectivity index (χ2v) is 5.66. The molecule has 1 aromatic carbocycles. The minimum Gasteiger partial charge on any atom is -0.310 e. The highest BCUT2D eigenvalue weighted by Crippen LogP contribution is 2.14. The third-order valence-corrected chi connectivity index (χ3v) is 4.05. The fourth-order valence-corrected chi connectivity index (χ4v) is 2.82. The molecule has 2 aromatic rings. The molecule has 4 heteroatoms. The van der Waals surface area contributed by atoms with Crippen LogP contribution in [0.3, 0.4) is 0 Å². The van der Waals surface area contributed by atoms with E-state index in [9.17, 15) is 0 Å². The van der Waals surface area contributed by atoms with Gasteiger partial charge in [0.25, 0.3) is 0 Å². The average Bonchev–Trinajstić information content (AvgIpc) is 2.56. The number of nitrogens with zero attached hydrogens (tertiary/aromatic N) is 3. The molecule has 4 nitrogen and oxygen atoms in total. The lowest BCUT2D eigenvalue weighted by molar-refractivity contribution is 0.190. The molecule has 2 heterocycles. The first-order valence-electron chi connectivity index (χ1n) is 7.64. The molecule has 0 spiro atoms. The molecule has 1 aliphatic heterocycles. The van der Waals surface area contributed by atoms with E-state index in [2.05, 4.69) is 50.5 Å². The summed E-state index contributed by atoms with van der Waals surface area (Å²) in [4.78, 5) is 10.6. The molecule has 0 unspecified atom stereocenters. The minimum atomic E-state index is 0.609. The molecule has 0 amide bonds. The Labute approximate surface area is 126 Å². The Morgan fingerprint density at radius 2 is 1.71 bits per heavy atom. The van der Waals surface area contributed by atoms with Gasteiger partial charge in [-0.2, -0.15) is 0 Å². The van der Waals surface area contributed by atoms with Gasteiger partial charge in [-0.05, 0) is 31.5 Å². The normalized spacial score (nSPS) is 17.0. The number of hydrogen-bond acceptors (Lipinski definition) is 4. The molecule has 110 valence electrons. The smallest absolute Gasteiger partial charge is 0.115 e. The van der Waals surface area contributed by atoms with Crippen LogP contribution in [0.4, 0.5) is 0 Å². The molecule has 0 bridgehead atoms. The quantitative estimate of drug-likeness (QED) is 0.913. The van der Waals surface area contributed by atoms with Crippen LogP contribution in [0.5, 0.6) is 0 Å². The van der Waals surface area contributed by atoms with Crippen molar-refractivity contribution in [2.45, 2.75) is 32.0 Å². The van der Waals surface area contributed by atoms with Gasteiger partial charge in [0.15, 0.2) is 0 Å². The van der Waals surface area contributed by atoms with E-state index in [1.165, 1.54) is 18.4 Å². The Kier molecular flexibility index (Phi) is 4.92. The summed E-state index contributed by atoms with van der Waals surface area (Å²) in [7, 11) is 0. The van der Waals surface area contributed by atoms with Crippen molar-refractivity contribution >= 4 is 0 Å². The van der Waals surface area contributed by atoms with Gasteiger partial charge in [-0.15, -0.1) is 0 Å². The van der Waals surface area contributed by atoms with Crippen molar-refractivity contribution in [3.8, 4) is 0 Å². The highest BCUT2D eigenvalue weighted by atomic mass is 15.1. The van der Waals surface area contributed by atoms with Crippen LogP contribution in [0, 0.1) is 0 Å². The summed E-state index contributed by atoms with van der Waals surface area (Å²) in [6.07, 6.45) is 7.75. The molecule has 1 aromatic heterocycles. The first-order valence-corrected chi connectivity index (χ1v) is 7.64. The van der Waals surface area contributed by atoms with Gasteiger partial charge in [-0.1, -0.05) is 30.3 Å². The standard InChI is InChI=1S/C17H22N4/c1-2-4-15(5-3-1)13-21-8-6-17(7-9-21)20-12-16-10-18-14-19-11-16/h1-5,10-11,14,17,20H,6-9,12-13H2. The monoisotopic (exact) mass is 282 g/mol. The molecule has 0 aliphatic carbocycles. The topological polar surface area (TPSA) is 41.0 Å². The van der Waals surface area contributed by atoms with Crippen LogP contribution in [-0.2, 0) is 13.1 Å². The third kappa shape index (κ3) is 4.34. The van der Waals surface area contributed by atoms with E-state index in [1.54, 1.807) is 6.33 Å². The Bertz CT molecular complexity index is 521. The van der Waals surface area contributed by atoms with Crippen molar-refractivity contribution in [2.24, 2.45) is 0 Å². The number of nitrogens with one attached hydrogen (secondary N) is 1. The minimum absolute atomic E-state index is 0.609. The summed E-state index contributed by atoms with van der Waals surface area (Å²) >= 11 is 0. The summed E-state index contributed by atoms with van der Waals surface area (Å²) in [6, 6.07) is 11.3. The number of rotatable bonds is 5. The largest absolute Gasteiger partial charge is 0.310 e. The average molecular weight is 282 g/mol. The van der Waals surface area contributed by atoms with E-state index < -0.39 is 0 Å². The summed E-state index contributed by atoms with van der Waals surface area (Å²) in [6.45, 7) is 4.26. The summed E-state index contributed by atoms with van der Waals surface area (Å²) in [5.74, 6) is 0. The van der Waals surface area contributed by atoms with Gasteiger partial charge >= 0.3 is 0 Å². The molecular weight excluding hydrogens is 260 g/mol. The highest BCUT2D eigenvalue weighted by molar-refractivity contribution is 5.14. The van der Waals surface area contributed by atoms with E-state index in [-0.39, 0.29) is 0 Å². The zero-order valence-corrected chi connectivity index (χ0v) is 12.3. The number of likely N-dealkylation sites (tertiary alicyclic amines) is 1. The van der Waals surface area contributed by atoms with Crippen LogP contribution >= 0.6 is 0 Å². The molecule has 3 rings (SSSR count). The molecule has 1 fully saturated rings. The van der Waals surface area contributed by atoms with Crippen molar-refractivity contribution in [1.29, 1.82) is 0 Å². The van der Waals surface area contributed by atoms with E-state index in [0.29, 0.717) is 6.04 Å². The summed E-state index contributed by atoms with van der Waals surface area (Å²) < 4.78 is 0. The lowest BCUT2D eigenvalue weighted by Crippen LogP contribution is -2.41. The lowest BCUT2D eigenvalue weighted by Gasteiger charge is -2.32. The van der Waals surface area contributed by atoms with Crippen molar-refractivity contribution < 1.29 is 0 Å². The third-order valence-electron chi connectivity index (χ3n) is 4.05. The van der Waals surface area contributed by atoms with Crippen molar-refractivity contribution in [1.82, 2.24) is 20.2 Å². The van der Waals surface area contributed by atoms with Crippen molar-refractivity contribution in [3.05, 3.63) is 60.2 Å². The van der Waals surface area contributed by atoms with Crippen LogP contribution in [-0.4, -0.2) is 34.0 Å². The first kappa shape index (κ1) is 14.2. The van der Waals surface area contributed by atoms with Gasteiger partial charge in [-0.3, -0.25) is 4.90 Å². The Morgan fingerprint density at radius 1 is 1.00 bits per heavy atom. The summed E-state index contributed by atoms with van der Waals surface area (Å²) in [5.41, 5.74) is 2.56. The van der Waals surface area contributed by atoms with Gasteiger partial charge < -0.3 is 5.32 Å². The molecular formula is C17H22N4. The maximum absolute atomic E-state index is 4.05. The summed E-state index contributed by atoms with van der Waals surface area (Å²) in [5, 5.41) is 3.62. The maximum Gasteiger partial charge on any atom is 0.115 e. The van der Waals surface area contributed by atoms with Crippen LogP contribution in [0.2, 0.25) is 0 Å². The van der Waals surface area contributed by atoms with Gasteiger partial charge in [0.2, 0.25) is 0 Å². The van der Waals surface area contributed by atoms with Crippen LogP contribution in [0.1, 0.15) is 24.0 Å². The Balaban J connectivity index is 1.41. The second kappa shape index (κ2) is 7.29. The molecule has 0 atom stereocenters. The van der Waals surface area contributed by atoms with Crippen molar-refractivity contribution in [3.63, 3.8) is 0 Å². The predicted molar refractivity (Wildman–Crippen MR) is 83.6 cm³/mol. The van der Waals surface area contributed by atoms with Crippen molar-refractivity contribution in [2.75, 3.05) is 13.1 Å². The number of hydrogen-bond donors (Lipinski definition) is 1. The number of piperidine rings is 1. The van der Waals surface area contributed by atoms with Gasteiger partial charge in [-0.25, -0.2) is 9.97 Å². The lowest BCUT2D eigenvalue weighted by atomic mass is 10.0. The molecule has 1 saturated heterocycles. The van der Waals surface area contributed by atoms with E-state index in [1.807, 2.05) is 12.4 Å². The second-order valence-electron chi connectivity index (χ2n) is 5.66. The molecule has 0 radical (unpaired) electrons. The highest BCUT2D eigenvalue weighted by Gasteiger charge is 2.18. The molecule has 0 saturated carbocycles. The first-order chi connectivity index (χ1) is 10.4. The zero-order valence-electron chi connectivity index (χ0n) is 12.3. The Hall–Kier alpha value is -1.78. The number of aromatic nitrogens is 2. The van der Waals surface area contributed by atoms with Crippen LogP contribution < -0.4 is 5.32 Å². The SMILES string of the molecule is c1ccc(CN2CCC(NCc3cncnc3)CC2)cc1. The molecule has 21 heavy (non-hydrogen) atoms. The van der Waals surface area contributed by atoms with Gasteiger partial charge in [0.1, 0.15) is 6.33 Å². The van der Waals surface area contributed by atoms with E-state index in [0.717, 1.165) is 31.7 Å². The Morgan fingerprint density at radius 3 is 2.43 bits per heavy atom. The molecule has 1 aliphatic rings. The zero-order chi connectivity index (χ0) is 14.3. The van der Waals surface area contributed by atoms with Crippen LogP contribution in [0.15, 0.2) is 49.1 Å². The predicted octanol–water partition coefficient (Wildman–Crippen LogP) is 2.23. The van der Waals surface area contributed by atoms with Gasteiger partial charge in [0, 0.05) is 37.1 Å². The van der Waals surface area contributed by atoms with E-state index >= 15 is 0 Å². The van der Waals surface area contributed by atoms with Crippen LogP contribution in [0.25, 0.3) is 0 Å². The fraction of sp³-hybridized carbons (Fsp3) is 0.412. The fourth-order valence-electron chi connectivity index (χ4n) is 2.82. The molecule has 1 N–H and O–H groups in total.